The van der Waals surface area contributed by atoms with Crippen LogP contribution in [-0.2, 0) is 17.8 Å². The topological polar surface area (TPSA) is 69.3 Å². The molecule has 7 nitrogen and oxygen atoms in total. The molecule has 0 aliphatic carbocycles. The molecule has 0 atom stereocenters. The summed E-state index contributed by atoms with van der Waals surface area (Å²) in [6, 6.07) is 11.1. The van der Waals surface area contributed by atoms with Crippen LogP contribution in [0.3, 0.4) is 0 Å². The molecule has 0 bridgehead atoms. The van der Waals surface area contributed by atoms with Crippen LogP contribution < -0.4 is 24.3 Å². The van der Waals surface area contributed by atoms with Gasteiger partial charge in [-0.1, -0.05) is 70.1 Å². The number of rotatable bonds is 12. The Kier molecular flexibility index (Phi) is 11.6. The first kappa shape index (κ1) is 33.3. The molecular formula is C30H27Cl5N2O5S. The number of hydrogen-bond acceptors (Lipinski definition) is 6. The predicted octanol–water partition coefficient (Wildman–Crippen LogP) is 8.64. The van der Waals surface area contributed by atoms with Gasteiger partial charge in [0.25, 0.3) is 5.91 Å². The smallest absolute Gasteiger partial charge is 0.276 e. The number of methoxy groups -OCH3 is 1. The van der Waals surface area contributed by atoms with Crippen LogP contribution in [0.5, 0.6) is 23.0 Å². The van der Waals surface area contributed by atoms with Crippen molar-refractivity contribution in [1.29, 1.82) is 0 Å². The minimum Gasteiger partial charge on any atom is -0.496 e. The van der Waals surface area contributed by atoms with Crippen LogP contribution in [0.15, 0.2) is 42.1 Å². The number of benzene rings is 3. The summed E-state index contributed by atoms with van der Waals surface area (Å²) in [7, 11) is 1.53. The molecule has 0 saturated carbocycles. The third kappa shape index (κ3) is 7.56. The molecule has 0 unspecified atom stereocenters. The molecule has 13 heteroatoms. The number of nitrogens with one attached hydrogen (secondary N) is 1. The molecule has 1 saturated heterocycles. The lowest BCUT2D eigenvalue weighted by Crippen LogP contribution is -2.32. The van der Waals surface area contributed by atoms with E-state index in [2.05, 4.69) is 5.32 Å². The zero-order valence-corrected chi connectivity index (χ0v) is 28.0. The quantitative estimate of drug-likeness (QED) is 0.0877. The Morgan fingerprint density at radius 2 is 1.47 bits per heavy atom. The van der Waals surface area contributed by atoms with E-state index in [0.29, 0.717) is 65.4 Å². The SMILES string of the molecule is CCOc1ccc(CCN2C(=O)/C(=C\c3ccc(OC)c(COc4c(Cl)c(Cl)c(Cl)c(Cl)c4Cl)c3)NC2=S)cc1OCC. The van der Waals surface area contributed by atoms with Crippen LogP contribution in [-0.4, -0.2) is 42.8 Å². The fraction of sp³-hybridized carbons (Fsp3) is 0.267. The van der Waals surface area contributed by atoms with Crippen LogP contribution in [0.1, 0.15) is 30.5 Å². The lowest BCUT2D eigenvalue weighted by atomic mass is 10.1. The molecule has 3 aromatic rings. The molecule has 1 aliphatic heterocycles. The van der Waals surface area contributed by atoms with Gasteiger partial charge in [0, 0.05) is 12.1 Å². The van der Waals surface area contributed by atoms with Crippen molar-refractivity contribution in [1.82, 2.24) is 10.2 Å². The molecule has 1 heterocycles. The number of amides is 1. The summed E-state index contributed by atoms with van der Waals surface area (Å²) < 4.78 is 22.7. The fourth-order valence-corrected chi connectivity index (χ4v) is 5.81. The Bertz CT molecular complexity index is 1550. The average Bonchev–Trinajstić information content (AvgIpc) is 3.26. The first-order valence-electron chi connectivity index (χ1n) is 13.1. The van der Waals surface area contributed by atoms with Crippen LogP contribution >= 0.6 is 70.2 Å². The molecule has 43 heavy (non-hydrogen) atoms. The Morgan fingerprint density at radius 3 is 2.12 bits per heavy atom. The maximum Gasteiger partial charge on any atom is 0.276 e. The first-order chi connectivity index (χ1) is 20.6. The number of carbonyl (C=O) groups excluding carboxylic acids is 1. The van der Waals surface area contributed by atoms with Crippen LogP contribution in [0, 0.1) is 0 Å². The summed E-state index contributed by atoms with van der Waals surface area (Å²) in [5.41, 5.74) is 2.68. The van der Waals surface area contributed by atoms with Crippen molar-refractivity contribution in [3.63, 3.8) is 0 Å². The molecule has 1 N–H and O–H groups in total. The molecular weight excluding hydrogens is 678 g/mol. The molecule has 0 spiro atoms. The summed E-state index contributed by atoms with van der Waals surface area (Å²) >= 11 is 36.5. The van der Waals surface area contributed by atoms with Gasteiger partial charge in [-0.05, 0) is 74.0 Å². The second-order valence-corrected chi connectivity index (χ2v) is 11.4. The van der Waals surface area contributed by atoms with Gasteiger partial charge < -0.3 is 24.3 Å². The van der Waals surface area contributed by atoms with Gasteiger partial charge in [-0.3, -0.25) is 9.69 Å². The van der Waals surface area contributed by atoms with E-state index in [1.165, 1.54) is 12.0 Å². The lowest BCUT2D eigenvalue weighted by Gasteiger charge is -2.16. The number of carbonyl (C=O) groups is 1. The van der Waals surface area contributed by atoms with Crippen LogP contribution in [0.25, 0.3) is 6.08 Å². The van der Waals surface area contributed by atoms with Crippen LogP contribution in [0.2, 0.25) is 25.1 Å². The largest absolute Gasteiger partial charge is 0.496 e. The monoisotopic (exact) mass is 702 g/mol. The second kappa shape index (κ2) is 14.9. The van der Waals surface area contributed by atoms with Crippen LogP contribution in [0.4, 0.5) is 0 Å². The number of thiocarbonyl (C=S) groups is 1. The van der Waals surface area contributed by atoms with E-state index in [4.69, 9.17) is 89.2 Å². The van der Waals surface area contributed by atoms with Gasteiger partial charge in [-0.2, -0.15) is 0 Å². The fourth-order valence-electron chi connectivity index (χ4n) is 4.30. The molecule has 1 aliphatic rings. The van der Waals surface area contributed by atoms with Gasteiger partial charge in [-0.25, -0.2) is 0 Å². The maximum absolute atomic E-state index is 13.3. The van der Waals surface area contributed by atoms with E-state index >= 15 is 0 Å². The highest BCUT2D eigenvalue weighted by atomic mass is 35.5. The third-order valence-electron chi connectivity index (χ3n) is 6.35. The highest BCUT2D eigenvalue weighted by Crippen LogP contribution is 2.48. The van der Waals surface area contributed by atoms with Gasteiger partial charge in [-0.15, -0.1) is 0 Å². The molecule has 4 rings (SSSR count). The van der Waals surface area contributed by atoms with Crippen molar-refractivity contribution in [2.24, 2.45) is 0 Å². The number of hydrogen-bond donors (Lipinski definition) is 1. The van der Waals surface area contributed by atoms with E-state index in [9.17, 15) is 4.79 Å². The van der Waals surface area contributed by atoms with E-state index in [1.807, 2.05) is 38.1 Å². The Balaban J connectivity index is 1.49. The molecule has 1 amide bonds. The van der Waals surface area contributed by atoms with Crippen molar-refractivity contribution in [2.45, 2.75) is 26.9 Å². The van der Waals surface area contributed by atoms with Gasteiger partial charge in [0.1, 0.15) is 28.1 Å². The van der Waals surface area contributed by atoms with E-state index in [-0.39, 0.29) is 43.4 Å². The van der Waals surface area contributed by atoms with Gasteiger partial charge in [0.15, 0.2) is 22.4 Å². The average molecular weight is 705 g/mol. The highest BCUT2D eigenvalue weighted by molar-refractivity contribution is 7.80. The molecule has 228 valence electrons. The van der Waals surface area contributed by atoms with Gasteiger partial charge >= 0.3 is 0 Å². The zero-order chi connectivity index (χ0) is 31.3. The Hall–Kier alpha value is -2.59. The van der Waals surface area contributed by atoms with Crippen molar-refractivity contribution in [3.05, 3.63) is 83.9 Å². The maximum atomic E-state index is 13.3. The molecule has 0 aromatic heterocycles. The summed E-state index contributed by atoms with van der Waals surface area (Å²) in [5, 5.41) is 3.51. The minimum absolute atomic E-state index is 0.00560. The first-order valence-corrected chi connectivity index (χ1v) is 15.4. The highest BCUT2D eigenvalue weighted by Gasteiger charge is 2.30. The number of halogens is 5. The van der Waals surface area contributed by atoms with Crippen molar-refractivity contribution in [2.75, 3.05) is 26.9 Å². The second-order valence-electron chi connectivity index (χ2n) is 9.10. The van der Waals surface area contributed by atoms with Gasteiger partial charge in [0.05, 0.1) is 35.4 Å². The number of nitrogens with zero attached hydrogens (tertiary/aromatic N) is 1. The zero-order valence-electron chi connectivity index (χ0n) is 23.4. The molecule has 0 radical (unpaired) electrons. The Morgan fingerprint density at radius 1 is 0.837 bits per heavy atom. The minimum atomic E-state index is -0.237. The van der Waals surface area contributed by atoms with E-state index in [0.717, 1.165) is 5.56 Å². The Labute approximate surface area is 280 Å². The summed E-state index contributed by atoms with van der Waals surface area (Å²) in [5.74, 6) is 1.75. The molecule has 3 aromatic carbocycles. The van der Waals surface area contributed by atoms with Crippen molar-refractivity contribution >= 4 is 87.3 Å². The van der Waals surface area contributed by atoms with Crippen molar-refractivity contribution < 1.29 is 23.7 Å². The van der Waals surface area contributed by atoms with Gasteiger partial charge in [0.2, 0.25) is 0 Å². The predicted molar refractivity (Wildman–Crippen MR) is 177 cm³/mol. The van der Waals surface area contributed by atoms with E-state index < -0.39 is 0 Å². The standard InChI is InChI=1S/C30H27Cl5N2O5S/c1-4-40-21-9-6-16(14-22(21)41-5-2)10-11-37-29(38)19(36-30(37)43)13-17-7-8-20(39-3)18(12-17)15-42-28-26(34)24(32)23(31)25(33)27(28)35/h6-9,12-14H,4-5,10-11,15H2,1-3H3,(H,36,43)/b19-13+. The summed E-state index contributed by atoms with van der Waals surface area (Å²) in [6.07, 6.45) is 2.28. The summed E-state index contributed by atoms with van der Waals surface area (Å²) in [4.78, 5) is 14.8. The molecule has 1 fully saturated rings. The normalized spacial score (nSPS) is 13.9. The number of ether oxygens (including phenoxy) is 4. The summed E-state index contributed by atoms with van der Waals surface area (Å²) in [6.45, 7) is 5.28. The lowest BCUT2D eigenvalue weighted by molar-refractivity contribution is -0.122. The van der Waals surface area contributed by atoms with E-state index in [1.54, 1.807) is 18.2 Å². The third-order valence-corrected chi connectivity index (χ3v) is 8.92. The van der Waals surface area contributed by atoms with Crippen molar-refractivity contribution in [3.8, 4) is 23.0 Å².